The third-order valence-electron chi connectivity index (χ3n) is 1.81. The molecule has 0 saturated heterocycles. The summed E-state index contributed by atoms with van der Waals surface area (Å²) >= 11 is 0. The largest absolute Gasteiger partial charge is 0.363 e. The summed E-state index contributed by atoms with van der Waals surface area (Å²) < 4.78 is 24.1. The Balaban J connectivity index is 2.65. The first-order valence-corrected chi connectivity index (χ1v) is 6.34. The first-order chi connectivity index (χ1) is 6.88. The fraction of sp³-hybridized carbons (Fsp3) is 0.444. The highest BCUT2D eigenvalue weighted by Gasteiger charge is 2.02. The van der Waals surface area contributed by atoms with Gasteiger partial charge in [0.25, 0.3) is 0 Å². The van der Waals surface area contributed by atoms with Crippen molar-refractivity contribution in [2.24, 2.45) is 0 Å². The molecule has 0 saturated carbocycles. The first-order valence-electron chi connectivity index (χ1n) is 4.45. The van der Waals surface area contributed by atoms with Crippen molar-refractivity contribution in [3.8, 4) is 0 Å². The van der Waals surface area contributed by atoms with Crippen LogP contribution in [0.2, 0.25) is 0 Å². The van der Waals surface area contributed by atoms with Crippen molar-refractivity contribution in [3.63, 3.8) is 0 Å². The van der Waals surface area contributed by atoms with Crippen molar-refractivity contribution < 1.29 is 8.42 Å². The Morgan fingerprint density at radius 3 is 2.47 bits per heavy atom. The summed E-state index contributed by atoms with van der Waals surface area (Å²) in [5, 5.41) is 0. The van der Waals surface area contributed by atoms with Crippen LogP contribution in [0.1, 0.15) is 5.56 Å². The van der Waals surface area contributed by atoms with E-state index in [4.69, 9.17) is 0 Å². The van der Waals surface area contributed by atoms with E-state index in [1.165, 1.54) is 0 Å². The van der Waals surface area contributed by atoms with Crippen molar-refractivity contribution in [1.82, 2.24) is 9.71 Å². The van der Waals surface area contributed by atoms with Gasteiger partial charge in [-0.25, -0.2) is 18.1 Å². The molecule has 6 heteroatoms. The fourth-order valence-corrected chi connectivity index (χ4v) is 1.43. The highest BCUT2D eigenvalue weighted by atomic mass is 32.2. The van der Waals surface area contributed by atoms with Crippen LogP contribution in [0.15, 0.2) is 18.3 Å². The van der Waals surface area contributed by atoms with Gasteiger partial charge in [0.1, 0.15) is 5.82 Å². The van der Waals surface area contributed by atoms with Gasteiger partial charge in [0, 0.05) is 26.8 Å². The highest BCUT2D eigenvalue weighted by molar-refractivity contribution is 7.88. The molecule has 1 aromatic heterocycles. The number of rotatable bonds is 4. The lowest BCUT2D eigenvalue weighted by Crippen LogP contribution is -2.21. The molecule has 0 bridgehead atoms. The maximum absolute atomic E-state index is 10.8. The lowest BCUT2D eigenvalue weighted by molar-refractivity contribution is 0.587. The molecule has 0 spiro atoms. The van der Waals surface area contributed by atoms with Gasteiger partial charge in [-0.1, -0.05) is 6.07 Å². The van der Waals surface area contributed by atoms with E-state index in [9.17, 15) is 8.42 Å². The molecular formula is C9H15N3O2S. The second-order valence-electron chi connectivity index (χ2n) is 3.51. The molecule has 0 radical (unpaired) electrons. The molecule has 0 amide bonds. The number of hydrogen-bond donors (Lipinski definition) is 1. The smallest absolute Gasteiger partial charge is 0.209 e. The van der Waals surface area contributed by atoms with Crippen molar-refractivity contribution in [3.05, 3.63) is 23.9 Å². The number of sulfonamides is 1. The minimum Gasteiger partial charge on any atom is -0.363 e. The monoisotopic (exact) mass is 229 g/mol. The van der Waals surface area contributed by atoms with E-state index in [0.29, 0.717) is 0 Å². The summed E-state index contributed by atoms with van der Waals surface area (Å²) in [6.07, 6.45) is 2.79. The van der Waals surface area contributed by atoms with Crippen LogP contribution in [-0.4, -0.2) is 33.8 Å². The van der Waals surface area contributed by atoms with Crippen LogP contribution >= 0.6 is 0 Å². The Bertz CT molecular complexity index is 411. The number of anilines is 1. The van der Waals surface area contributed by atoms with Crippen LogP contribution in [-0.2, 0) is 16.6 Å². The number of pyridine rings is 1. The zero-order valence-electron chi connectivity index (χ0n) is 9.06. The predicted octanol–water partition coefficient (Wildman–Crippen LogP) is 0.197. The van der Waals surface area contributed by atoms with Gasteiger partial charge in [-0.3, -0.25) is 0 Å². The van der Waals surface area contributed by atoms with Crippen LogP contribution < -0.4 is 9.62 Å². The summed E-state index contributed by atoms with van der Waals surface area (Å²) in [5.74, 6) is 0.845. The number of nitrogens with one attached hydrogen (secondary N) is 1. The van der Waals surface area contributed by atoms with E-state index in [1.807, 2.05) is 31.1 Å². The Kier molecular flexibility index (Phi) is 3.65. The summed E-state index contributed by atoms with van der Waals surface area (Å²) in [6, 6.07) is 3.69. The molecule has 0 unspecified atom stereocenters. The van der Waals surface area contributed by atoms with E-state index in [1.54, 1.807) is 6.20 Å². The zero-order chi connectivity index (χ0) is 11.5. The third-order valence-corrected chi connectivity index (χ3v) is 2.47. The maximum atomic E-state index is 10.8. The predicted molar refractivity (Wildman–Crippen MR) is 60.2 cm³/mol. The van der Waals surface area contributed by atoms with E-state index >= 15 is 0 Å². The van der Waals surface area contributed by atoms with Gasteiger partial charge in [0.15, 0.2) is 0 Å². The SMILES string of the molecule is CN(C)c1ccc(CNS(C)(=O)=O)cn1. The summed E-state index contributed by atoms with van der Waals surface area (Å²) in [6.45, 7) is 0.277. The summed E-state index contributed by atoms with van der Waals surface area (Å²) in [5.41, 5.74) is 0.839. The third kappa shape index (κ3) is 4.26. The van der Waals surface area contributed by atoms with Gasteiger partial charge in [0.05, 0.1) is 6.26 Å². The number of hydrogen-bond acceptors (Lipinski definition) is 4. The molecule has 0 aliphatic heterocycles. The Hall–Kier alpha value is -1.14. The van der Waals surface area contributed by atoms with E-state index in [-0.39, 0.29) is 6.54 Å². The Morgan fingerprint density at radius 1 is 1.40 bits per heavy atom. The molecule has 0 aromatic carbocycles. The van der Waals surface area contributed by atoms with E-state index in [2.05, 4.69) is 9.71 Å². The van der Waals surface area contributed by atoms with Crippen LogP contribution in [0.3, 0.4) is 0 Å². The number of nitrogens with zero attached hydrogens (tertiary/aromatic N) is 2. The Morgan fingerprint density at radius 2 is 2.07 bits per heavy atom. The quantitative estimate of drug-likeness (QED) is 0.801. The zero-order valence-corrected chi connectivity index (χ0v) is 9.87. The minimum atomic E-state index is -3.14. The van der Waals surface area contributed by atoms with Crippen molar-refractivity contribution in [2.75, 3.05) is 25.3 Å². The van der Waals surface area contributed by atoms with Gasteiger partial charge >= 0.3 is 0 Å². The van der Waals surface area contributed by atoms with Crippen LogP contribution in [0, 0.1) is 0 Å². The van der Waals surface area contributed by atoms with Crippen molar-refractivity contribution in [1.29, 1.82) is 0 Å². The summed E-state index contributed by atoms with van der Waals surface area (Å²) in [7, 11) is 0.662. The lowest BCUT2D eigenvalue weighted by Gasteiger charge is -2.11. The van der Waals surface area contributed by atoms with Crippen LogP contribution in [0.5, 0.6) is 0 Å². The fourth-order valence-electron chi connectivity index (χ4n) is 1.00. The number of aromatic nitrogens is 1. The average molecular weight is 229 g/mol. The molecule has 0 atom stereocenters. The van der Waals surface area contributed by atoms with Gasteiger partial charge in [-0.15, -0.1) is 0 Å². The van der Waals surface area contributed by atoms with Crippen LogP contribution in [0.4, 0.5) is 5.82 Å². The summed E-state index contributed by atoms with van der Waals surface area (Å²) in [4.78, 5) is 6.05. The highest BCUT2D eigenvalue weighted by Crippen LogP contribution is 2.07. The second-order valence-corrected chi connectivity index (χ2v) is 5.35. The molecule has 5 nitrogen and oxygen atoms in total. The molecule has 1 rings (SSSR count). The van der Waals surface area contributed by atoms with Gasteiger partial charge in [-0.2, -0.15) is 0 Å². The van der Waals surface area contributed by atoms with Gasteiger partial charge in [0.2, 0.25) is 10.0 Å². The minimum absolute atomic E-state index is 0.277. The maximum Gasteiger partial charge on any atom is 0.209 e. The first kappa shape index (κ1) is 11.9. The van der Waals surface area contributed by atoms with Crippen LogP contribution in [0.25, 0.3) is 0 Å². The molecule has 0 aliphatic carbocycles. The van der Waals surface area contributed by atoms with E-state index in [0.717, 1.165) is 17.6 Å². The van der Waals surface area contributed by atoms with Gasteiger partial charge in [-0.05, 0) is 11.6 Å². The topological polar surface area (TPSA) is 62.3 Å². The lowest BCUT2D eigenvalue weighted by atomic mass is 10.3. The standard InChI is InChI=1S/C9H15N3O2S/c1-12(2)9-5-4-8(6-10-9)7-11-15(3,13)14/h4-6,11H,7H2,1-3H3. The average Bonchev–Trinajstić information content (AvgIpc) is 2.14. The van der Waals surface area contributed by atoms with Crippen molar-refractivity contribution in [2.45, 2.75) is 6.54 Å². The molecule has 1 heterocycles. The second kappa shape index (κ2) is 4.59. The molecule has 0 fully saturated rings. The van der Waals surface area contributed by atoms with Crippen molar-refractivity contribution >= 4 is 15.8 Å². The normalized spacial score (nSPS) is 11.4. The molecule has 0 aliphatic rings. The van der Waals surface area contributed by atoms with Gasteiger partial charge < -0.3 is 4.90 Å². The molecule has 15 heavy (non-hydrogen) atoms. The molecule has 84 valence electrons. The Labute approximate surface area is 90.2 Å². The van der Waals surface area contributed by atoms with E-state index < -0.39 is 10.0 Å². The molecule has 1 N–H and O–H groups in total. The molecule has 1 aromatic rings. The molecular weight excluding hydrogens is 214 g/mol.